The van der Waals surface area contributed by atoms with Crippen molar-refractivity contribution in [1.82, 2.24) is 4.98 Å². The van der Waals surface area contributed by atoms with Crippen LogP contribution >= 0.6 is 23.4 Å². The van der Waals surface area contributed by atoms with Gasteiger partial charge < -0.3 is 5.11 Å². The highest BCUT2D eigenvalue weighted by atomic mass is 35.5. The lowest BCUT2D eigenvalue weighted by Crippen LogP contribution is -2.28. The second kappa shape index (κ2) is 8.52. The first kappa shape index (κ1) is 19.9. The molecule has 1 aliphatic rings. The Labute approximate surface area is 181 Å². The predicted octanol–water partition coefficient (Wildman–Crippen LogP) is 5.24. The topological polar surface area (TPSA) is 82.9 Å². The van der Waals surface area contributed by atoms with Crippen LogP contribution in [0.3, 0.4) is 0 Å². The summed E-state index contributed by atoms with van der Waals surface area (Å²) in [6.45, 7) is 0. The Morgan fingerprint density at radius 3 is 2.50 bits per heavy atom. The molecule has 0 spiro atoms. The number of nitrogens with zero attached hydrogens (tertiary/aromatic N) is 3. The van der Waals surface area contributed by atoms with E-state index in [9.17, 15) is 9.59 Å². The van der Waals surface area contributed by atoms with Crippen LogP contribution in [0.15, 0.2) is 83.0 Å². The molecule has 1 amide bonds. The number of amidine groups is 1. The number of benzene rings is 2. The zero-order valence-corrected chi connectivity index (χ0v) is 17.0. The molecule has 0 bridgehead atoms. The highest BCUT2D eigenvalue weighted by Crippen LogP contribution is 2.38. The number of rotatable bonds is 4. The summed E-state index contributed by atoms with van der Waals surface area (Å²) in [6.07, 6.45) is 4.79. The molecule has 1 saturated heterocycles. The molecule has 2 heterocycles. The second-order valence-corrected chi connectivity index (χ2v) is 7.65. The first-order valence-electron chi connectivity index (χ1n) is 8.83. The predicted molar refractivity (Wildman–Crippen MR) is 119 cm³/mol. The SMILES string of the molecule is O=C(O)c1ccc(/C=C2\SC(=Nc3ccncc3Cl)N(c3ccccc3)C2=O)cc1. The van der Waals surface area contributed by atoms with E-state index in [2.05, 4.69) is 9.98 Å². The molecule has 3 aromatic rings. The highest BCUT2D eigenvalue weighted by molar-refractivity contribution is 8.19. The molecule has 0 radical (unpaired) electrons. The van der Waals surface area contributed by atoms with Gasteiger partial charge in [-0.25, -0.2) is 9.79 Å². The van der Waals surface area contributed by atoms with E-state index in [-0.39, 0.29) is 11.5 Å². The Balaban J connectivity index is 1.75. The van der Waals surface area contributed by atoms with Crippen LogP contribution in [0.5, 0.6) is 0 Å². The summed E-state index contributed by atoms with van der Waals surface area (Å²) in [6, 6.07) is 17.2. The summed E-state index contributed by atoms with van der Waals surface area (Å²) in [5.41, 5.74) is 2.09. The van der Waals surface area contributed by atoms with E-state index in [1.807, 2.05) is 30.3 Å². The molecule has 1 aromatic heterocycles. The zero-order valence-electron chi connectivity index (χ0n) is 15.4. The molecule has 0 atom stereocenters. The molecule has 0 aliphatic carbocycles. The standard InChI is InChI=1S/C22H14ClN3O3S/c23-17-13-24-11-10-18(17)25-22-26(16-4-2-1-3-5-16)20(27)19(30-22)12-14-6-8-15(9-7-14)21(28)29/h1-13H,(H,28,29)/b19-12-,25-22?. The van der Waals surface area contributed by atoms with Crippen LogP contribution in [0.4, 0.5) is 11.4 Å². The number of carbonyl (C=O) groups excluding carboxylic acids is 1. The first-order valence-corrected chi connectivity index (χ1v) is 10.0. The van der Waals surface area contributed by atoms with Gasteiger partial charge in [0.25, 0.3) is 5.91 Å². The summed E-state index contributed by atoms with van der Waals surface area (Å²) < 4.78 is 0. The minimum absolute atomic E-state index is 0.183. The Morgan fingerprint density at radius 1 is 1.10 bits per heavy atom. The number of anilines is 1. The second-order valence-electron chi connectivity index (χ2n) is 6.24. The number of para-hydroxylation sites is 1. The van der Waals surface area contributed by atoms with Crippen LogP contribution in [-0.2, 0) is 4.79 Å². The average Bonchev–Trinajstić information content (AvgIpc) is 3.05. The summed E-state index contributed by atoms with van der Waals surface area (Å²) in [4.78, 5) is 34.8. The Bertz CT molecular complexity index is 1180. The van der Waals surface area contributed by atoms with Crippen molar-refractivity contribution in [1.29, 1.82) is 0 Å². The van der Waals surface area contributed by atoms with E-state index >= 15 is 0 Å². The number of aromatic carboxylic acids is 1. The van der Waals surface area contributed by atoms with Crippen LogP contribution in [-0.4, -0.2) is 27.1 Å². The third kappa shape index (κ3) is 4.12. The van der Waals surface area contributed by atoms with Crippen molar-refractivity contribution in [3.05, 3.63) is 94.1 Å². The summed E-state index contributed by atoms with van der Waals surface area (Å²) in [7, 11) is 0. The maximum atomic E-state index is 13.2. The largest absolute Gasteiger partial charge is 0.478 e. The van der Waals surface area contributed by atoms with Crippen LogP contribution in [0, 0.1) is 0 Å². The Hall–Kier alpha value is -3.42. The van der Waals surface area contributed by atoms with Gasteiger partial charge in [-0.15, -0.1) is 0 Å². The maximum Gasteiger partial charge on any atom is 0.335 e. The van der Waals surface area contributed by atoms with Gasteiger partial charge in [-0.1, -0.05) is 41.9 Å². The van der Waals surface area contributed by atoms with Crippen molar-refractivity contribution in [2.24, 2.45) is 4.99 Å². The number of carboxylic acids is 1. The van der Waals surface area contributed by atoms with Gasteiger partial charge in [0.2, 0.25) is 0 Å². The number of aliphatic imine (C=N–C) groups is 1. The number of pyridine rings is 1. The molecule has 30 heavy (non-hydrogen) atoms. The molecular formula is C22H14ClN3O3S. The van der Waals surface area contributed by atoms with Crippen molar-refractivity contribution in [2.75, 3.05) is 4.90 Å². The summed E-state index contributed by atoms with van der Waals surface area (Å²) in [5, 5.41) is 9.90. The van der Waals surface area contributed by atoms with Gasteiger partial charge in [-0.3, -0.25) is 14.7 Å². The van der Waals surface area contributed by atoms with Crippen LogP contribution in [0.2, 0.25) is 5.02 Å². The lowest BCUT2D eigenvalue weighted by atomic mass is 10.1. The number of thioether (sulfide) groups is 1. The number of carboxylic acid groups (broad SMARTS) is 1. The maximum absolute atomic E-state index is 13.2. The molecule has 8 heteroatoms. The molecular weight excluding hydrogens is 422 g/mol. The number of carbonyl (C=O) groups is 2. The van der Waals surface area contributed by atoms with Crippen molar-refractivity contribution >= 4 is 57.9 Å². The normalized spacial score (nSPS) is 16.4. The van der Waals surface area contributed by atoms with Crippen molar-refractivity contribution < 1.29 is 14.7 Å². The molecule has 2 aromatic carbocycles. The fourth-order valence-corrected chi connectivity index (χ4v) is 3.94. The van der Waals surface area contributed by atoms with Gasteiger partial charge in [-0.2, -0.15) is 0 Å². The molecule has 148 valence electrons. The van der Waals surface area contributed by atoms with Gasteiger partial charge >= 0.3 is 5.97 Å². The van der Waals surface area contributed by atoms with Gasteiger partial charge in [0, 0.05) is 12.4 Å². The highest BCUT2D eigenvalue weighted by Gasteiger charge is 2.34. The monoisotopic (exact) mass is 435 g/mol. The fraction of sp³-hybridized carbons (Fsp3) is 0. The number of hydrogen-bond acceptors (Lipinski definition) is 5. The molecule has 0 unspecified atom stereocenters. The third-order valence-electron chi connectivity index (χ3n) is 4.24. The Morgan fingerprint density at radius 2 is 1.83 bits per heavy atom. The molecule has 1 fully saturated rings. The van der Waals surface area contributed by atoms with Crippen LogP contribution in [0.25, 0.3) is 6.08 Å². The summed E-state index contributed by atoms with van der Waals surface area (Å²) >= 11 is 7.42. The number of amides is 1. The van der Waals surface area contributed by atoms with Gasteiger partial charge in [-0.05, 0) is 53.7 Å². The molecule has 6 nitrogen and oxygen atoms in total. The molecule has 4 rings (SSSR count). The number of aromatic nitrogens is 1. The molecule has 0 saturated carbocycles. The van der Waals surface area contributed by atoms with E-state index in [1.54, 1.807) is 30.5 Å². The van der Waals surface area contributed by atoms with Crippen LogP contribution in [0.1, 0.15) is 15.9 Å². The lowest BCUT2D eigenvalue weighted by molar-refractivity contribution is -0.113. The number of halogens is 1. The van der Waals surface area contributed by atoms with Gasteiger partial charge in [0.15, 0.2) is 5.17 Å². The fourth-order valence-electron chi connectivity index (χ4n) is 2.79. The van der Waals surface area contributed by atoms with E-state index in [0.717, 1.165) is 0 Å². The van der Waals surface area contributed by atoms with Crippen molar-refractivity contribution in [2.45, 2.75) is 0 Å². The van der Waals surface area contributed by atoms with Crippen molar-refractivity contribution in [3.8, 4) is 0 Å². The third-order valence-corrected chi connectivity index (χ3v) is 5.50. The summed E-state index contributed by atoms with van der Waals surface area (Å²) in [5.74, 6) is -1.23. The van der Waals surface area contributed by atoms with E-state index in [4.69, 9.17) is 16.7 Å². The first-order chi connectivity index (χ1) is 14.5. The average molecular weight is 436 g/mol. The van der Waals surface area contributed by atoms with Gasteiger partial charge in [0.1, 0.15) is 0 Å². The number of hydrogen-bond donors (Lipinski definition) is 1. The minimum atomic E-state index is -1.00. The quantitative estimate of drug-likeness (QED) is 0.566. The smallest absolute Gasteiger partial charge is 0.335 e. The van der Waals surface area contributed by atoms with Crippen LogP contribution < -0.4 is 4.90 Å². The Kier molecular flexibility index (Phi) is 5.65. The molecule has 1 aliphatic heterocycles. The van der Waals surface area contributed by atoms with E-state index in [0.29, 0.717) is 32.0 Å². The van der Waals surface area contributed by atoms with E-state index in [1.165, 1.54) is 35.0 Å². The van der Waals surface area contributed by atoms with Gasteiger partial charge in [0.05, 0.1) is 26.9 Å². The lowest BCUT2D eigenvalue weighted by Gasteiger charge is -2.15. The van der Waals surface area contributed by atoms with E-state index < -0.39 is 5.97 Å². The van der Waals surface area contributed by atoms with Crippen molar-refractivity contribution in [3.63, 3.8) is 0 Å². The zero-order chi connectivity index (χ0) is 21.1. The molecule has 1 N–H and O–H groups in total. The minimum Gasteiger partial charge on any atom is -0.478 e.